The zero-order valence-electron chi connectivity index (χ0n) is 13.0. The molecule has 1 saturated heterocycles. The van der Waals surface area contributed by atoms with Gasteiger partial charge in [-0.3, -0.25) is 14.5 Å². The highest BCUT2D eigenvalue weighted by Gasteiger charge is 2.25. The molecule has 1 heterocycles. The van der Waals surface area contributed by atoms with Gasteiger partial charge in [0.15, 0.2) is 0 Å². The van der Waals surface area contributed by atoms with E-state index in [1.165, 1.54) is 0 Å². The maximum atomic E-state index is 11.8. The summed E-state index contributed by atoms with van der Waals surface area (Å²) in [7, 11) is 0. The minimum atomic E-state index is -0.191. The van der Waals surface area contributed by atoms with E-state index in [1.807, 2.05) is 37.3 Å². The van der Waals surface area contributed by atoms with Crippen LogP contribution in [-0.4, -0.2) is 31.1 Å². The molecule has 2 rings (SSSR count). The van der Waals surface area contributed by atoms with Crippen molar-refractivity contribution in [2.24, 2.45) is 0 Å². The van der Waals surface area contributed by atoms with Gasteiger partial charge in [0.2, 0.25) is 0 Å². The zero-order valence-corrected chi connectivity index (χ0v) is 13.0. The molecule has 122 valence electrons. The molecule has 1 aromatic carbocycles. The zero-order chi connectivity index (χ0) is 15.6. The molecule has 3 N–H and O–H groups in total. The second-order valence-electron chi connectivity index (χ2n) is 5.44. The Morgan fingerprint density at radius 1 is 1.27 bits per heavy atom. The molecule has 1 aliphatic heterocycles. The molecule has 1 aliphatic rings. The number of hydrogen-bond acceptors (Lipinski definition) is 5. The number of carbonyl (C=O) groups is 1. The van der Waals surface area contributed by atoms with Crippen LogP contribution in [0.1, 0.15) is 31.7 Å². The van der Waals surface area contributed by atoms with Crippen LogP contribution in [0, 0.1) is 0 Å². The third kappa shape index (κ3) is 5.73. The quantitative estimate of drug-likeness (QED) is 0.498. The van der Waals surface area contributed by atoms with Gasteiger partial charge >= 0.3 is 0 Å². The van der Waals surface area contributed by atoms with Crippen LogP contribution >= 0.6 is 0 Å². The first-order chi connectivity index (χ1) is 10.8. The van der Waals surface area contributed by atoms with Crippen LogP contribution in [0.2, 0.25) is 0 Å². The molecule has 0 spiro atoms. The third-order valence-electron chi connectivity index (χ3n) is 3.54. The van der Waals surface area contributed by atoms with Crippen LogP contribution < -0.4 is 16.3 Å². The summed E-state index contributed by atoms with van der Waals surface area (Å²) in [5.41, 5.74) is 6.66. The molecule has 1 aromatic rings. The highest BCUT2D eigenvalue weighted by Crippen LogP contribution is 2.09. The molecule has 6 heteroatoms. The Morgan fingerprint density at radius 3 is 2.77 bits per heavy atom. The van der Waals surface area contributed by atoms with Crippen molar-refractivity contribution in [2.45, 2.75) is 44.9 Å². The Morgan fingerprint density at radius 2 is 2.09 bits per heavy atom. The van der Waals surface area contributed by atoms with Gasteiger partial charge in [0.1, 0.15) is 0 Å². The van der Waals surface area contributed by atoms with Crippen molar-refractivity contribution in [1.29, 1.82) is 0 Å². The Labute approximate surface area is 131 Å². The molecular weight excluding hydrogens is 282 g/mol. The van der Waals surface area contributed by atoms with Gasteiger partial charge in [-0.1, -0.05) is 37.3 Å². The molecule has 0 bridgehead atoms. The number of piperidine rings is 1. The summed E-state index contributed by atoms with van der Waals surface area (Å²) in [6.45, 7) is 3.76. The fourth-order valence-corrected chi connectivity index (χ4v) is 2.29. The number of carbonyl (C=O) groups excluding carboxylic acids is 1. The molecule has 1 unspecified atom stereocenters. The average molecular weight is 307 g/mol. The van der Waals surface area contributed by atoms with Gasteiger partial charge in [-0.2, -0.15) is 5.48 Å². The summed E-state index contributed by atoms with van der Waals surface area (Å²) in [5.74, 6) is -0.0999. The molecule has 0 radical (unpaired) electrons. The van der Waals surface area contributed by atoms with Gasteiger partial charge in [0.25, 0.3) is 5.91 Å². The van der Waals surface area contributed by atoms with Gasteiger partial charge in [-0.05, 0) is 24.8 Å². The van der Waals surface area contributed by atoms with Gasteiger partial charge in [0.05, 0.1) is 19.3 Å². The fraction of sp³-hybridized carbons (Fsp3) is 0.562. The van der Waals surface area contributed by atoms with Crippen molar-refractivity contribution < 1.29 is 14.5 Å². The number of amides is 1. The van der Waals surface area contributed by atoms with Gasteiger partial charge in [-0.25, -0.2) is 5.48 Å². The first-order valence-corrected chi connectivity index (χ1v) is 7.86. The molecule has 0 saturated carbocycles. The first kappa shape index (κ1) is 16.9. The van der Waals surface area contributed by atoms with Crippen molar-refractivity contribution >= 4 is 5.91 Å². The van der Waals surface area contributed by atoms with Crippen molar-refractivity contribution in [1.82, 2.24) is 16.3 Å². The van der Waals surface area contributed by atoms with Crippen molar-refractivity contribution in [3.63, 3.8) is 0 Å². The van der Waals surface area contributed by atoms with Crippen LogP contribution in [0.4, 0.5) is 0 Å². The minimum absolute atomic E-state index is 0.0999. The fourth-order valence-electron chi connectivity index (χ4n) is 2.29. The maximum Gasteiger partial charge on any atom is 0.260 e. The second-order valence-corrected chi connectivity index (χ2v) is 5.44. The number of benzene rings is 1. The van der Waals surface area contributed by atoms with Gasteiger partial charge in [0, 0.05) is 12.6 Å². The first-order valence-electron chi connectivity index (χ1n) is 7.86. The molecular formula is C16H25N3O3. The molecule has 0 aromatic heterocycles. The van der Waals surface area contributed by atoms with E-state index in [1.54, 1.807) is 0 Å². The smallest absolute Gasteiger partial charge is 0.260 e. The van der Waals surface area contributed by atoms with E-state index in [-0.39, 0.29) is 18.0 Å². The number of hydrogen-bond donors (Lipinski definition) is 3. The molecule has 22 heavy (non-hydrogen) atoms. The predicted molar refractivity (Wildman–Crippen MR) is 83.6 cm³/mol. The van der Waals surface area contributed by atoms with Crippen molar-refractivity contribution in [3.05, 3.63) is 35.9 Å². The number of rotatable bonds is 8. The number of nitrogens with one attached hydrogen (secondary N) is 3. The Hall–Kier alpha value is -1.47. The van der Waals surface area contributed by atoms with Gasteiger partial charge in [-0.15, -0.1) is 0 Å². The van der Waals surface area contributed by atoms with E-state index < -0.39 is 0 Å². The lowest BCUT2D eigenvalue weighted by Gasteiger charge is -2.29. The van der Waals surface area contributed by atoms with Crippen LogP contribution in [-0.2, 0) is 21.1 Å². The van der Waals surface area contributed by atoms with Crippen LogP contribution in [0.3, 0.4) is 0 Å². The summed E-state index contributed by atoms with van der Waals surface area (Å²) in [4.78, 5) is 22.4. The van der Waals surface area contributed by atoms with Gasteiger partial charge < -0.3 is 5.32 Å². The van der Waals surface area contributed by atoms with E-state index in [4.69, 9.17) is 9.68 Å². The predicted octanol–water partition coefficient (Wildman–Crippen LogP) is 1.29. The maximum absolute atomic E-state index is 11.8. The molecule has 6 nitrogen and oxygen atoms in total. The van der Waals surface area contributed by atoms with Crippen LogP contribution in [0.15, 0.2) is 30.3 Å². The van der Waals surface area contributed by atoms with Crippen molar-refractivity contribution in [2.75, 3.05) is 13.2 Å². The minimum Gasteiger partial charge on any atom is -0.304 e. The summed E-state index contributed by atoms with van der Waals surface area (Å²) in [6, 6.07) is 10.0. The van der Waals surface area contributed by atoms with E-state index >= 15 is 0 Å². The van der Waals surface area contributed by atoms with E-state index in [0.29, 0.717) is 19.8 Å². The molecule has 2 atom stereocenters. The SMILES string of the molecule is CCCONC(=O)C1CC[C@@H](NOCc2ccccc2)CN1. The highest BCUT2D eigenvalue weighted by molar-refractivity contribution is 5.80. The largest absolute Gasteiger partial charge is 0.304 e. The lowest BCUT2D eigenvalue weighted by Crippen LogP contribution is -2.53. The lowest BCUT2D eigenvalue weighted by molar-refractivity contribution is -0.136. The topological polar surface area (TPSA) is 71.6 Å². The number of hydroxylamine groups is 2. The Balaban J connectivity index is 1.59. The highest BCUT2D eigenvalue weighted by atomic mass is 16.7. The van der Waals surface area contributed by atoms with E-state index in [0.717, 1.165) is 24.8 Å². The summed E-state index contributed by atoms with van der Waals surface area (Å²) < 4.78 is 0. The molecule has 1 fully saturated rings. The Bertz CT molecular complexity index is 434. The summed E-state index contributed by atoms with van der Waals surface area (Å²) in [6.07, 6.45) is 2.52. The lowest BCUT2D eigenvalue weighted by atomic mass is 10.0. The normalized spacial score (nSPS) is 21.5. The standard InChI is InChI=1S/C16H25N3O3/c1-2-10-21-19-16(20)15-9-8-14(11-17-15)18-22-12-13-6-4-3-5-7-13/h3-7,14-15,17-18H,2,8-12H2,1H3,(H,19,20)/t14-,15?/m1/s1. The van der Waals surface area contributed by atoms with Crippen LogP contribution in [0.5, 0.6) is 0 Å². The monoisotopic (exact) mass is 307 g/mol. The Kier molecular flexibility index (Phi) is 7.32. The van der Waals surface area contributed by atoms with Crippen molar-refractivity contribution in [3.8, 4) is 0 Å². The summed E-state index contributed by atoms with van der Waals surface area (Å²) >= 11 is 0. The molecule has 1 amide bonds. The molecule has 0 aliphatic carbocycles. The summed E-state index contributed by atoms with van der Waals surface area (Å²) in [5, 5.41) is 3.21. The van der Waals surface area contributed by atoms with Crippen LogP contribution in [0.25, 0.3) is 0 Å². The van der Waals surface area contributed by atoms with E-state index in [9.17, 15) is 4.79 Å². The van der Waals surface area contributed by atoms with E-state index in [2.05, 4.69) is 16.3 Å². The average Bonchev–Trinajstić information content (AvgIpc) is 2.56. The second kappa shape index (κ2) is 9.53. The third-order valence-corrected chi connectivity index (χ3v) is 3.54.